The lowest BCUT2D eigenvalue weighted by Crippen LogP contribution is -2.39. The van der Waals surface area contributed by atoms with Crippen molar-refractivity contribution >= 4 is 100.0 Å². The Morgan fingerprint density at radius 3 is 1.49 bits per heavy atom. The standard InChI is InChI=1S/C54H63Cl2N3O8S4/c1-11-13-14-33(12-2)30-65-50(64)38(27-57)51-68-44-42(66-39(60)23-31(3)25-53(5,6)7)46-47(43(45(44)69-51)67-40(61)24-32(4)26-54(8,9)10)71-52(70-46)41-48(62)58(28-34-15-19-36(55)20-16-34)59(49(41)63)29-35-17-21-37(56)22-18-35/h15-22,31-33H,11-14,23-26,28-30H2,1-10H3. The van der Waals surface area contributed by atoms with Crippen molar-refractivity contribution in [2.45, 2.75) is 153 Å². The fourth-order valence-electron chi connectivity index (χ4n) is 8.83. The van der Waals surface area contributed by atoms with Crippen LogP contribution in [-0.4, -0.2) is 46.3 Å². The molecule has 1 saturated heterocycles. The Labute approximate surface area is 445 Å². The first-order chi connectivity index (χ1) is 33.5. The summed E-state index contributed by atoms with van der Waals surface area (Å²) in [7, 11) is 0. The monoisotopic (exact) mass is 1080 g/mol. The molecule has 71 heavy (non-hydrogen) atoms. The molecule has 0 radical (unpaired) electrons. The van der Waals surface area contributed by atoms with Gasteiger partial charge in [-0.3, -0.25) is 19.2 Å². The number of halogens is 2. The number of thioether (sulfide) groups is 4. The number of nitrogens with zero attached hydrogens (tertiary/aromatic N) is 3. The minimum Gasteiger partial charge on any atom is -0.461 e. The number of hydrogen-bond donors (Lipinski definition) is 0. The zero-order valence-corrected chi connectivity index (χ0v) is 46.9. The molecule has 17 heteroatoms. The predicted octanol–water partition coefficient (Wildman–Crippen LogP) is 14.8. The summed E-state index contributed by atoms with van der Waals surface area (Å²) in [6.45, 7) is 21.0. The second-order valence-electron chi connectivity index (χ2n) is 20.9. The van der Waals surface area contributed by atoms with Crippen LogP contribution in [0.25, 0.3) is 0 Å². The number of hydrazine groups is 1. The summed E-state index contributed by atoms with van der Waals surface area (Å²) in [6.07, 6.45) is 5.34. The minimum absolute atomic E-state index is 0.0488. The molecule has 380 valence electrons. The summed E-state index contributed by atoms with van der Waals surface area (Å²) in [5.74, 6) is -2.64. The maximum atomic E-state index is 14.8. The van der Waals surface area contributed by atoms with E-state index in [1.165, 1.54) is 10.0 Å². The molecule has 1 fully saturated rings. The Balaban J connectivity index is 1.49. The van der Waals surface area contributed by atoms with Crippen LogP contribution in [0.5, 0.6) is 11.5 Å². The van der Waals surface area contributed by atoms with Crippen LogP contribution in [0, 0.1) is 39.9 Å². The van der Waals surface area contributed by atoms with Gasteiger partial charge in [-0.1, -0.05) is 183 Å². The van der Waals surface area contributed by atoms with Crippen molar-refractivity contribution < 1.29 is 38.2 Å². The fraction of sp³-hybridized carbons (Fsp3) is 0.481. The van der Waals surface area contributed by atoms with Gasteiger partial charge in [0.15, 0.2) is 17.1 Å². The maximum Gasteiger partial charge on any atom is 0.350 e. The highest BCUT2D eigenvalue weighted by molar-refractivity contribution is 8.26. The molecule has 0 spiro atoms. The molecule has 0 saturated carbocycles. The highest BCUT2D eigenvalue weighted by Gasteiger charge is 2.47. The molecule has 3 heterocycles. The van der Waals surface area contributed by atoms with Crippen molar-refractivity contribution in [2.24, 2.45) is 28.6 Å². The third-order valence-corrected chi connectivity index (χ3v) is 17.5. The lowest BCUT2D eigenvalue weighted by molar-refractivity contribution is -0.149. The summed E-state index contributed by atoms with van der Waals surface area (Å²) < 4.78 is 19.1. The van der Waals surface area contributed by atoms with Gasteiger partial charge >= 0.3 is 17.9 Å². The fourth-order valence-corrected chi connectivity index (χ4v) is 14.5. The zero-order chi connectivity index (χ0) is 51.9. The number of rotatable bonds is 19. The van der Waals surface area contributed by atoms with Crippen LogP contribution in [0.1, 0.15) is 132 Å². The number of ether oxygens (including phenoxy) is 3. The second-order valence-corrected chi connectivity index (χ2v) is 26.4. The Morgan fingerprint density at radius 1 is 0.690 bits per heavy atom. The van der Waals surface area contributed by atoms with Crippen LogP contribution in [0.3, 0.4) is 0 Å². The predicted molar refractivity (Wildman–Crippen MR) is 285 cm³/mol. The van der Waals surface area contributed by atoms with Crippen LogP contribution < -0.4 is 9.47 Å². The van der Waals surface area contributed by atoms with Crippen molar-refractivity contribution in [1.29, 1.82) is 5.26 Å². The van der Waals surface area contributed by atoms with Crippen LogP contribution in [0.15, 0.2) is 87.7 Å². The topological polar surface area (TPSA) is 143 Å². The number of amides is 2. The van der Waals surface area contributed by atoms with E-state index in [1.807, 2.05) is 20.8 Å². The van der Waals surface area contributed by atoms with E-state index in [4.69, 9.17) is 37.4 Å². The molecular formula is C54H63Cl2N3O8S4. The van der Waals surface area contributed by atoms with Crippen molar-refractivity contribution in [1.82, 2.24) is 10.0 Å². The SMILES string of the molecule is CCCCC(CC)COC(=O)C(C#N)=C1Sc2c(OC(=O)CC(C)CC(C)(C)C)c3c(c(OC(=O)CC(C)CC(C)(C)C)c2S1)SC(=C1C(=O)N(Cc2ccc(Cl)cc2)N(Cc2ccc(Cl)cc2)C1=O)S3. The highest BCUT2D eigenvalue weighted by Crippen LogP contribution is 2.69. The van der Waals surface area contributed by atoms with E-state index in [9.17, 15) is 29.2 Å². The molecular weight excluding hydrogens is 1020 g/mol. The van der Waals surface area contributed by atoms with Crippen molar-refractivity contribution in [2.75, 3.05) is 6.61 Å². The smallest absolute Gasteiger partial charge is 0.350 e. The Hall–Kier alpha value is -4.04. The number of fused-ring (bicyclic) bond motifs is 2. The molecule has 0 bridgehead atoms. The van der Waals surface area contributed by atoms with Crippen molar-refractivity contribution in [3.05, 3.63) is 89.3 Å². The van der Waals surface area contributed by atoms with Crippen LogP contribution >= 0.6 is 70.2 Å². The zero-order valence-electron chi connectivity index (χ0n) is 42.1. The number of carbonyl (C=O) groups excluding carboxylic acids is 5. The molecule has 3 aromatic carbocycles. The molecule has 3 aliphatic heterocycles. The molecule has 2 amide bonds. The second kappa shape index (κ2) is 24.3. The van der Waals surface area contributed by atoms with Gasteiger partial charge in [0, 0.05) is 22.9 Å². The van der Waals surface area contributed by atoms with Crippen molar-refractivity contribution in [3.8, 4) is 17.6 Å². The number of carbonyl (C=O) groups is 5. The van der Waals surface area contributed by atoms with E-state index < -0.39 is 29.7 Å². The molecule has 0 aliphatic carbocycles. The van der Waals surface area contributed by atoms with Gasteiger partial charge in [0.05, 0.1) is 47.8 Å². The van der Waals surface area contributed by atoms with Gasteiger partial charge in [0.2, 0.25) is 0 Å². The van der Waals surface area contributed by atoms with Gasteiger partial charge in [0.1, 0.15) is 11.6 Å². The number of nitriles is 1. The summed E-state index contributed by atoms with van der Waals surface area (Å²) in [5.41, 5.74) is 1.03. The van der Waals surface area contributed by atoms with E-state index in [-0.39, 0.29) is 88.0 Å². The number of benzene rings is 3. The molecule has 3 unspecified atom stereocenters. The number of unbranched alkanes of at least 4 members (excludes halogenated alkanes) is 1. The Kier molecular flexibility index (Phi) is 19.3. The normalized spacial score (nSPS) is 15.9. The Morgan fingerprint density at radius 2 is 1.11 bits per heavy atom. The largest absolute Gasteiger partial charge is 0.461 e. The average Bonchev–Trinajstić information content (AvgIpc) is 3.97. The molecule has 3 aliphatic rings. The summed E-state index contributed by atoms with van der Waals surface area (Å²) >= 11 is 16.7. The lowest BCUT2D eigenvalue weighted by atomic mass is 9.84. The number of hydrogen-bond acceptors (Lipinski definition) is 13. The molecule has 3 atom stereocenters. The lowest BCUT2D eigenvalue weighted by Gasteiger charge is -2.27. The summed E-state index contributed by atoms with van der Waals surface area (Å²) in [6, 6.07) is 16.1. The quantitative estimate of drug-likeness (QED) is 0.0370. The van der Waals surface area contributed by atoms with E-state index in [0.717, 1.165) is 96.7 Å². The Bertz CT molecular complexity index is 2490. The van der Waals surface area contributed by atoms with Gasteiger partial charge in [-0.25, -0.2) is 14.8 Å². The molecule has 6 rings (SSSR count). The molecule has 0 aromatic heterocycles. The van der Waals surface area contributed by atoms with Crippen LogP contribution in [0.4, 0.5) is 0 Å². The van der Waals surface area contributed by atoms with E-state index in [2.05, 4.69) is 54.5 Å². The first kappa shape index (κ1) is 56.3. The molecule has 0 N–H and O–H groups in total. The van der Waals surface area contributed by atoms with Gasteiger partial charge in [0.25, 0.3) is 11.8 Å². The average molecular weight is 1080 g/mol. The van der Waals surface area contributed by atoms with Gasteiger partial charge in [-0.15, -0.1) is 0 Å². The van der Waals surface area contributed by atoms with Gasteiger partial charge < -0.3 is 14.2 Å². The van der Waals surface area contributed by atoms with E-state index in [0.29, 0.717) is 33.9 Å². The maximum absolute atomic E-state index is 14.8. The van der Waals surface area contributed by atoms with Crippen molar-refractivity contribution in [3.63, 3.8) is 0 Å². The number of esters is 3. The van der Waals surface area contributed by atoms with Crippen LogP contribution in [0.2, 0.25) is 10.0 Å². The van der Waals surface area contributed by atoms with E-state index in [1.54, 1.807) is 48.5 Å². The summed E-state index contributed by atoms with van der Waals surface area (Å²) in [5, 5.41) is 14.4. The third-order valence-electron chi connectivity index (χ3n) is 11.8. The van der Waals surface area contributed by atoms with Gasteiger partial charge in [-0.05, 0) is 83.2 Å². The highest BCUT2D eigenvalue weighted by atomic mass is 35.5. The first-order valence-electron chi connectivity index (χ1n) is 24.0. The van der Waals surface area contributed by atoms with Crippen LogP contribution in [-0.2, 0) is 41.8 Å². The molecule has 3 aromatic rings. The molecule has 11 nitrogen and oxygen atoms in total. The third kappa shape index (κ3) is 14.8. The minimum atomic E-state index is -0.776. The van der Waals surface area contributed by atoms with E-state index >= 15 is 0 Å². The summed E-state index contributed by atoms with van der Waals surface area (Å²) in [4.78, 5) is 73.1. The van der Waals surface area contributed by atoms with Gasteiger partial charge in [-0.2, -0.15) is 5.26 Å². The first-order valence-corrected chi connectivity index (χ1v) is 28.1.